The van der Waals surface area contributed by atoms with Crippen LogP contribution in [0.25, 0.3) is 5.65 Å². The zero-order valence-electron chi connectivity index (χ0n) is 10.3. The second-order valence-corrected chi connectivity index (χ2v) is 4.17. The predicted octanol–water partition coefficient (Wildman–Crippen LogP) is 1.76. The lowest BCUT2D eigenvalue weighted by Gasteiger charge is -2.15. The summed E-state index contributed by atoms with van der Waals surface area (Å²) in [7, 11) is 0. The number of nitrogens with zero attached hydrogens (tertiary/aromatic N) is 3. The molecular formula is C12H15N4O2. The maximum absolute atomic E-state index is 11.2. The van der Waals surface area contributed by atoms with Gasteiger partial charge in [0.05, 0.1) is 5.69 Å². The van der Waals surface area contributed by atoms with Gasteiger partial charge in [-0.3, -0.25) is 10.5 Å². The quantitative estimate of drug-likeness (QED) is 0.891. The molecular weight excluding hydrogens is 232 g/mol. The van der Waals surface area contributed by atoms with Crippen LogP contribution >= 0.6 is 0 Å². The second-order valence-electron chi connectivity index (χ2n) is 4.17. The molecule has 95 valence electrons. The summed E-state index contributed by atoms with van der Waals surface area (Å²) in [6.45, 7) is 4.11. The van der Waals surface area contributed by atoms with Crippen LogP contribution in [0.5, 0.6) is 5.75 Å². The Hall–Kier alpha value is -2.11. The molecule has 0 aliphatic carbocycles. The molecule has 2 rings (SSSR count). The van der Waals surface area contributed by atoms with Crippen molar-refractivity contribution in [1.82, 2.24) is 20.3 Å². The number of carbonyl (C=O) groups is 1. The molecule has 0 unspecified atom stereocenters. The molecule has 0 spiro atoms. The van der Waals surface area contributed by atoms with Gasteiger partial charge in [-0.1, -0.05) is 13.8 Å². The van der Waals surface area contributed by atoms with E-state index >= 15 is 0 Å². The fourth-order valence-electron chi connectivity index (χ4n) is 2.20. The van der Waals surface area contributed by atoms with E-state index in [0.29, 0.717) is 0 Å². The monoisotopic (exact) mass is 247 g/mol. The predicted molar refractivity (Wildman–Crippen MR) is 65.4 cm³/mol. The second kappa shape index (κ2) is 4.64. The molecule has 2 heterocycles. The van der Waals surface area contributed by atoms with Gasteiger partial charge in [-0.25, -0.2) is 9.50 Å². The third-order valence-electron chi connectivity index (χ3n) is 3.19. The normalized spacial score (nSPS) is 11.3. The number of pyridine rings is 1. The minimum Gasteiger partial charge on any atom is -0.507 e. The number of rotatable bonds is 4. The van der Waals surface area contributed by atoms with Gasteiger partial charge in [-0.2, -0.15) is 5.10 Å². The van der Waals surface area contributed by atoms with Crippen molar-refractivity contribution in [1.29, 1.82) is 0 Å². The summed E-state index contributed by atoms with van der Waals surface area (Å²) in [6.07, 6.45) is 3.13. The standard InChI is InChI=1S/C12H15N4O2/c1-3-7(4-2)8-5-9(17)10(11(13)18)12-14-6-15-16(8)12/h5-7,13,17H,3-4H2,1-2H3. The molecule has 6 heteroatoms. The molecule has 6 nitrogen and oxygen atoms in total. The van der Waals surface area contributed by atoms with E-state index in [-0.39, 0.29) is 22.9 Å². The molecule has 18 heavy (non-hydrogen) atoms. The van der Waals surface area contributed by atoms with Crippen LogP contribution < -0.4 is 5.73 Å². The first-order valence-corrected chi connectivity index (χ1v) is 5.91. The van der Waals surface area contributed by atoms with Gasteiger partial charge >= 0.3 is 0 Å². The average Bonchev–Trinajstić information content (AvgIpc) is 2.78. The summed E-state index contributed by atoms with van der Waals surface area (Å²) in [5.41, 5.74) is 8.13. The van der Waals surface area contributed by atoms with Crippen molar-refractivity contribution in [3.05, 3.63) is 23.7 Å². The smallest absolute Gasteiger partial charge is 0.277 e. The first-order valence-electron chi connectivity index (χ1n) is 5.91. The van der Waals surface area contributed by atoms with E-state index < -0.39 is 5.91 Å². The van der Waals surface area contributed by atoms with Crippen molar-refractivity contribution in [3.63, 3.8) is 0 Å². The van der Waals surface area contributed by atoms with Crippen LogP contribution in [0.15, 0.2) is 12.4 Å². The topological polar surface area (TPSA) is 91.3 Å². The minimum atomic E-state index is -0.957. The number of nitrogens with one attached hydrogen (secondary N) is 1. The van der Waals surface area contributed by atoms with Crippen LogP contribution in [0.3, 0.4) is 0 Å². The molecule has 0 aromatic carbocycles. The van der Waals surface area contributed by atoms with Gasteiger partial charge in [0.2, 0.25) is 0 Å². The fraction of sp³-hybridized carbons (Fsp3) is 0.417. The highest BCUT2D eigenvalue weighted by Crippen LogP contribution is 2.29. The van der Waals surface area contributed by atoms with Crippen LogP contribution in [0, 0.1) is 0 Å². The Kier molecular flexibility index (Phi) is 3.18. The summed E-state index contributed by atoms with van der Waals surface area (Å²) < 4.78 is 1.54. The molecule has 2 N–H and O–H groups in total. The highest BCUT2D eigenvalue weighted by atomic mass is 16.3. The van der Waals surface area contributed by atoms with Crippen LogP contribution in [-0.2, 0) is 0 Å². The maximum atomic E-state index is 11.2. The molecule has 0 saturated heterocycles. The fourth-order valence-corrected chi connectivity index (χ4v) is 2.20. The van der Waals surface area contributed by atoms with Gasteiger partial charge in [0, 0.05) is 12.0 Å². The van der Waals surface area contributed by atoms with E-state index in [4.69, 9.17) is 5.73 Å². The molecule has 0 fully saturated rings. The number of carbonyl (C=O) groups excluding carboxylic acids is 1. The Morgan fingerprint density at radius 2 is 2.17 bits per heavy atom. The van der Waals surface area contributed by atoms with E-state index in [1.807, 2.05) is 0 Å². The van der Waals surface area contributed by atoms with E-state index in [1.165, 1.54) is 12.4 Å². The molecule has 1 radical (unpaired) electrons. The lowest BCUT2D eigenvalue weighted by Crippen LogP contribution is -2.10. The van der Waals surface area contributed by atoms with Crippen molar-refractivity contribution in [2.75, 3.05) is 0 Å². The lowest BCUT2D eigenvalue weighted by molar-refractivity contribution is 0.0990. The molecule has 0 aliphatic heterocycles. The summed E-state index contributed by atoms with van der Waals surface area (Å²) in [4.78, 5) is 15.2. The number of hydrogen-bond donors (Lipinski definition) is 1. The minimum absolute atomic E-state index is 0.0952. The summed E-state index contributed by atoms with van der Waals surface area (Å²) in [5.74, 6) is -0.922. The SMILES string of the molecule is CCC(CC)c1cc(O)c(C([NH])=O)c2ncnn12. The molecule has 2 aromatic heterocycles. The van der Waals surface area contributed by atoms with Crippen LogP contribution in [0.2, 0.25) is 0 Å². The van der Waals surface area contributed by atoms with Gasteiger partial charge in [0.25, 0.3) is 5.91 Å². The summed E-state index contributed by atoms with van der Waals surface area (Å²) in [6, 6.07) is 1.52. The van der Waals surface area contributed by atoms with Crippen LogP contribution in [0.1, 0.15) is 48.7 Å². The Bertz CT molecular complexity index is 587. The Balaban J connectivity index is 2.75. The molecule has 1 amide bonds. The van der Waals surface area contributed by atoms with E-state index in [1.54, 1.807) is 4.52 Å². The van der Waals surface area contributed by atoms with Gasteiger partial charge in [0.15, 0.2) is 5.65 Å². The summed E-state index contributed by atoms with van der Waals surface area (Å²) >= 11 is 0. The molecule has 0 atom stereocenters. The third-order valence-corrected chi connectivity index (χ3v) is 3.19. The first-order chi connectivity index (χ1) is 8.60. The number of aromatic nitrogens is 3. The van der Waals surface area contributed by atoms with Gasteiger partial charge in [-0.15, -0.1) is 0 Å². The largest absolute Gasteiger partial charge is 0.507 e. The van der Waals surface area contributed by atoms with Gasteiger partial charge in [0.1, 0.15) is 17.6 Å². The summed E-state index contributed by atoms with van der Waals surface area (Å²) in [5, 5.41) is 14.0. The number of amides is 1. The molecule has 0 bridgehead atoms. The van der Waals surface area contributed by atoms with Crippen molar-refractivity contribution >= 4 is 11.6 Å². The Morgan fingerprint density at radius 1 is 1.50 bits per heavy atom. The van der Waals surface area contributed by atoms with Crippen molar-refractivity contribution in [2.45, 2.75) is 32.6 Å². The third kappa shape index (κ3) is 1.79. The highest BCUT2D eigenvalue weighted by Gasteiger charge is 2.21. The molecule has 0 aliphatic rings. The number of hydrogen-bond acceptors (Lipinski definition) is 4. The van der Waals surface area contributed by atoms with Gasteiger partial charge in [-0.05, 0) is 12.8 Å². The Morgan fingerprint density at radius 3 is 2.72 bits per heavy atom. The van der Waals surface area contributed by atoms with Crippen molar-refractivity contribution < 1.29 is 9.90 Å². The number of aromatic hydroxyl groups is 1. The Labute approximate surface area is 104 Å². The number of fused-ring (bicyclic) bond motifs is 1. The van der Waals surface area contributed by atoms with Crippen LogP contribution in [0.4, 0.5) is 0 Å². The van der Waals surface area contributed by atoms with Crippen LogP contribution in [-0.4, -0.2) is 25.6 Å². The van der Waals surface area contributed by atoms with E-state index in [2.05, 4.69) is 23.9 Å². The van der Waals surface area contributed by atoms with Crippen molar-refractivity contribution in [3.8, 4) is 5.75 Å². The molecule has 2 aromatic rings. The zero-order valence-corrected chi connectivity index (χ0v) is 10.3. The first kappa shape index (κ1) is 12.3. The molecule has 0 saturated carbocycles. The highest BCUT2D eigenvalue weighted by molar-refractivity contribution is 6.00. The van der Waals surface area contributed by atoms with Crippen molar-refractivity contribution in [2.24, 2.45) is 0 Å². The lowest BCUT2D eigenvalue weighted by atomic mass is 9.98. The zero-order chi connectivity index (χ0) is 13.3. The maximum Gasteiger partial charge on any atom is 0.277 e. The average molecular weight is 247 g/mol. The van der Waals surface area contributed by atoms with Gasteiger partial charge < -0.3 is 5.11 Å². The van der Waals surface area contributed by atoms with E-state index in [9.17, 15) is 9.90 Å². The van der Waals surface area contributed by atoms with E-state index in [0.717, 1.165) is 18.5 Å².